The number of nitrogens with zero attached hydrogens (tertiary/aromatic N) is 3. The van der Waals surface area contributed by atoms with Crippen LogP contribution in [0.5, 0.6) is 0 Å². The van der Waals surface area contributed by atoms with Crippen molar-refractivity contribution in [3.8, 4) is 0 Å². The van der Waals surface area contributed by atoms with E-state index in [2.05, 4.69) is 5.10 Å². The largest absolute Gasteiger partial charge is 0.480 e. The van der Waals surface area contributed by atoms with Crippen LogP contribution in [0.25, 0.3) is 0 Å². The average Bonchev–Trinajstić information content (AvgIpc) is 2.84. The summed E-state index contributed by atoms with van der Waals surface area (Å²) in [5.41, 5.74) is 1.25. The fourth-order valence-electron chi connectivity index (χ4n) is 1.88. The molecule has 0 atom stereocenters. The van der Waals surface area contributed by atoms with Gasteiger partial charge in [0, 0.05) is 7.05 Å². The molecule has 0 saturated heterocycles. The minimum Gasteiger partial charge on any atom is -0.480 e. The van der Waals surface area contributed by atoms with Crippen molar-refractivity contribution < 1.29 is 18.3 Å². The van der Waals surface area contributed by atoms with Crippen LogP contribution in [0.15, 0.2) is 41.6 Å². The summed E-state index contributed by atoms with van der Waals surface area (Å²) in [5, 5.41) is 12.8. The Morgan fingerprint density at radius 3 is 2.38 bits per heavy atom. The molecule has 0 spiro atoms. The Bertz CT molecular complexity index is 750. The van der Waals surface area contributed by atoms with E-state index < -0.39 is 22.5 Å². The van der Waals surface area contributed by atoms with E-state index in [-0.39, 0.29) is 5.03 Å². The summed E-state index contributed by atoms with van der Waals surface area (Å²) in [6.45, 7) is 1.21. The van der Waals surface area contributed by atoms with Gasteiger partial charge in [-0.15, -0.1) is 0 Å². The van der Waals surface area contributed by atoms with Crippen molar-refractivity contribution in [2.24, 2.45) is 7.05 Å². The van der Waals surface area contributed by atoms with Crippen LogP contribution in [0.2, 0.25) is 0 Å². The fraction of sp³-hybridized carbons (Fsp3) is 0.231. The zero-order valence-corrected chi connectivity index (χ0v) is 12.4. The topological polar surface area (TPSA) is 92.5 Å². The van der Waals surface area contributed by atoms with E-state index in [1.165, 1.54) is 24.0 Å². The summed E-state index contributed by atoms with van der Waals surface area (Å²) < 4.78 is 27.3. The molecular weight excluding hydrogens is 294 g/mol. The van der Waals surface area contributed by atoms with Gasteiger partial charge in [-0.25, -0.2) is 0 Å². The van der Waals surface area contributed by atoms with Crippen LogP contribution in [0.1, 0.15) is 5.56 Å². The van der Waals surface area contributed by atoms with Crippen molar-refractivity contribution in [3.05, 3.63) is 42.1 Å². The maximum absolute atomic E-state index is 12.6. The smallest absolute Gasteiger partial charge is 0.324 e. The summed E-state index contributed by atoms with van der Waals surface area (Å²) in [5.74, 6) is -1.23. The van der Waals surface area contributed by atoms with Crippen LogP contribution in [-0.2, 0) is 21.9 Å². The predicted molar refractivity (Wildman–Crippen MR) is 76.6 cm³/mol. The standard InChI is InChI=1S/C13H15N3O4S/c1-10-3-5-11(6-4-10)16(9-13(17)18)21(19,20)12-7-8-14-15(12)2/h3-8H,9H2,1-2H3,(H,17,18). The highest BCUT2D eigenvalue weighted by Crippen LogP contribution is 2.23. The maximum atomic E-state index is 12.6. The van der Waals surface area contributed by atoms with Gasteiger partial charge >= 0.3 is 5.97 Å². The molecule has 2 aromatic rings. The van der Waals surface area contributed by atoms with E-state index in [0.717, 1.165) is 9.87 Å². The zero-order valence-electron chi connectivity index (χ0n) is 11.6. The Balaban J connectivity index is 2.52. The second kappa shape index (κ2) is 5.57. The molecule has 0 unspecified atom stereocenters. The van der Waals surface area contributed by atoms with Gasteiger partial charge in [-0.1, -0.05) is 17.7 Å². The molecule has 112 valence electrons. The van der Waals surface area contributed by atoms with Crippen LogP contribution in [-0.4, -0.2) is 35.8 Å². The third-order valence-electron chi connectivity index (χ3n) is 2.93. The summed E-state index contributed by atoms with van der Waals surface area (Å²) in [7, 11) is -2.51. The SMILES string of the molecule is Cc1ccc(N(CC(=O)O)S(=O)(=O)c2ccnn2C)cc1. The first kappa shape index (κ1) is 15.0. The molecule has 1 heterocycles. The van der Waals surface area contributed by atoms with E-state index in [9.17, 15) is 13.2 Å². The number of benzene rings is 1. The lowest BCUT2D eigenvalue weighted by atomic mass is 10.2. The third kappa shape index (κ3) is 3.05. The first-order valence-corrected chi connectivity index (χ1v) is 7.55. The molecule has 1 aromatic carbocycles. The first-order valence-electron chi connectivity index (χ1n) is 6.11. The number of aliphatic carboxylic acids is 1. The van der Waals surface area contributed by atoms with Crippen molar-refractivity contribution in [3.63, 3.8) is 0 Å². The Labute approximate surface area is 122 Å². The lowest BCUT2D eigenvalue weighted by molar-refractivity contribution is -0.135. The Morgan fingerprint density at radius 2 is 1.90 bits per heavy atom. The van der Waals surface area contributed by atoms with Crippen LogP contribution >= 0.6 is 0 Å². The molecular formula is C13H15N3O4S. The quantitative estimate of drug-likeness (QED) is 0.889. The third-order valence-corrected chi connectivity index (χ3v) is 4.78. The lowest BCUT2D eigenvalue weighted by Crippen LogP contribution is -2.36. The highest BCUT2D eigenvalue weighted by molar-refractivity contribution is 7.92. The van der Waals surface area contributed by atoms with E-state index in [4.69, 9.17) is 5.11 Å². The molecule has 8 heteroatoms. The molecule has 0 aliphatic carbocycles. The van der Waals surface area contributed by atoms with Gasteiger partial charge in [-0.05, 0) is 25.1 Å². The molecule has 1 aromatic heterocycles. The first-order chi connectivity index (χ1) is 9.82. The van der Waals surface area contributed by atoms with E-state index in [1.54, 1.807) is 24.3 Å². The summed E-state index contributed by atoms with van der Waals surface area (Å²) >= 11 is 0. The minimum atomic E-state index is -4.00. The summed E-state index contributed by atoms with van der Waals surface area (Å²) in [6.07, 6.45) is 1.35. The molecule has 0 saturated carbocycles. The molecule has 2 rings (SSSR count). The molecule has 1 N–H and O–H groups in total. The number of carbonyl (C=O) groups is 1. The van der Waals surface area contributed by atoms with Crippen LogP contribution in [0, 0.1) is 6.92 Å². The number of hydrogen-bond acceptors (Lipinski definition) is 4. The average molecular weight is 309 g/mol. The number of carboxylic acids is 1. The summed E-state index contributed by atoms with van der Waals surface area (Å²) in [6, 6.07) is 7.93. The molecule has 0 fully saturated rings. The highest BCUT2D eigenvalue weighted by atomic mass is 32.2. The van der Waals surface area contributed by atoms with E-state index in [1.807, 2.05) is 6.92 Å². The highest BCUT2D eigenvalue weighted by Gasteiger charge is 2.29. The van der Waals surface area contributed by atoms with Crippen LogP contribution in [0.4, 0.5) is 5.69 Å². The number of rotatable bonds is 5. The van der Waals surface area contributed by atoms with Gasteiger partial charge in [0.25, 0.3) is 10.0 Å². The van der Waals surface area contributed by atoms with Gasteiger partial charge in [-0.3, -0.25) is 13.8 Å². The monoisotopic (exact) mass is 309 g/mol. The van der Waals surface area contributed by atoms with Crippen molar-refractivity contribution in [2.45, 2.75) is 11.9 Å². The van der Waals surface area contributed by atoms with Gasteiger partial charge in [0.05, 0.1) is 11.9 Å². The molecule has 21 heavy (non-hydrogen) atoms. The van der Waals surface area contributed by atoms with Crippen LogP contribution in [0.3, 0.4) is 0 Å². The normalized spacial score (nSPS) is 11.3. The molecule has 0 aliphatic rings. The van der Waals surface area contributed by atoms with Gasteiger partial charge < -0.3 is 5.11 Å². The number of carboxylic acid groups (broad SMARTS) is 1. The van der Waals surface area contributed by atoms with Gasteiger partial charge in [0.2, 0.25) is 0 Å². The van der Waals surface area contributed by atoms with Gasteiger partial charge in [0.1, 0.15) is 6.54 Å². The molecule has 0 aliphatic heterocycles. The van der Waals surface area contributed by atoms with E-state index >= 15 is 0 Å². The Hall–Kier alpha value is -2.35. The minimum absolute atomic E-state index is 0.0654. The number of aromatic nitrogens is 2. The molecule has 0 bridgehead atoms. The Morgan fingerprint density at radius 1 is 1.29 bits per heavy atom. The lowest BCUT2D eigenvalue weighted by Gasteiger charge is -2.22. The van der Waals surface area contributed by atoms with Crippen molar-refractivity contribution in [2.75, 3.05) is 10.8 Å². The van der Waals surface area contributed by atoms with Crippen LogP contribution < -0.4 is 4.31 Å². The number of sulfonamides is 1. The van der Waals surface area contributed by atoms with Gasteiger partial charge in [-0.2, -0.15) is 13.5 Å². The fourth-order valence-corrected chi connectivity index (χ4v) is 3.40. The molecule has 0 amide bonds. The number of anilines is 1. The van der Waals surface area contributed by atoms with Gasteiger partial charge in [0.15, 0.2) is 5.03 Å². The Kier molecular flexibility index (Phi) is 3.99. The maximum Gasteiger partial charge on any atom is 0.324 e. The molecule has 7 nitrogen and oxygen atoms in total. The number of aryl methyl sites for hydroxylation is 2. The summed E-state index contributed by atoms with van der Waals surface area (Å²) in [4.78, 5) is 11.0. The number of hydrogen-bond donors (Lipinski definition) is 1. The second-order valence-corrected chi connectivity index (χ2v) is 6.34. The predicted octanol–water partition coefficient (Wildman–Crippen LogP) is 1.01. The second-order valence-electron chi connectivity index (χ2n) is 4.53. The van der Waals surface area contributed by atoms with Crippen molar-refractivity contribution in [1.82, 2.24) is 9.78 Å². The van der Waals surface area contributed by atoms with Crippen molar-refractivity contribution >= 4 is 21.7 Å². The molecule has 0 radical (unpaired) electrons. The van der Waals surface area contributed by atoms with Crippen molar-refractivity contribution in [1.29, 1.82) is 0 Å². The zero-order chi connectivity index (χ0) is 15.6. The van der Waals surface area contributed by atoms with E-state index in [0.29, 0.717) is 5.69 Å².